The van der Waals surface area contributed by atoms with Crippen molar-refractivity contribution in [2.75, 3.05) is 6.54 Å². The van der Waals surface area contributed by atoms with Crippen LogP contribution < -0.4 is 10.6 Å². The van der Waals surface area contributed by atoms with Crippen molar-refractivity contribution in [2.24, 2.45) is 23.7 Å². The Kier molecular flexibility index (Phi) is 10.4. The Morgan fingerprint density at radius 1 is 1.03 bits per heavy atom. The molecule has 0 aromatic heterocycles. The van der Waals surface area contributed by atoms with E-state index < -0.39 is 12.0 Å². The topological polar surface area (TPSA) is 95.5 Å². The zero-order valence-electron chi connectivity index (χ0n) is 18.7. The van der Waals surface area contributed by atoms with Gasteiger partial charge in [0.15, 0.2) is 0 Å². The molecular weight excluding hydrogens is 380 g/mol. The van der Waals surface area contributed by atoms with E-state index in [2.05, 4.69) is 29.7 Å². The molecule has 2 aliphatic rings. The summed E-state index contributed by atoms with van der Waals surface area (Å²) in [5.74, 6) is 1.67. The summed E-state index contributed by atoms with van der Waals surface area (Å²) in [6, 6.07) is -0.495. The smallest absolute Gasteiger partial charge is 0.303 e. The SMILES string of the molecule is CCCCCC(=O)N[C@H](C)C(=O)NC[C@@H]1[C@@H]2CC[C@@H](C2)[C@@H]1CC=CCCCC(=O)O. The third kappa shape index (κ3) is 7.77. The number of amides is 2. The highest BCUT2D eigenvalue weighted by Crippen LogP contribution is 2.53. The van der Waals surface area contributed by atoms with Crippen molar-refractivity contribution in [1.82, 2.24) is 10.6 Å². The number of hydrogen-bond donors (Lipinski definition) is 3. The first-order valence-corrected chi connectivity index (χ1v) is 11.9. The summed E-state index contributed by atoms with van der Waals surface area (Å²) in [5, 5.41) is 14.6. The molecule has 0 saturated heterocycles. The van der Waals surface area contributed by atoms with Crippen LogP contribution in [0.5, 0.6) is 0 Å². The van der Waals surface area contributed by atoms with Gasteiger partial charge in [0.2, 0.25) is 11.8 Å². The van der Waals surface area contributed by atoms with Crippen LogP contribution in [0.15, 0.2) is 12.2 Å². The van der Waals surface area contributed by atoms with E-state index in [1.54, 1.807) is 6.92 Å². The quantitative estimate of drug-likeness (QED) is 0.292. The maximum atomic E-state index is 12.5. The number of aliphatic carboxylic acids is 1. The van der Waals surface area contributed by atoms with Crippen molar-refractivity contribution in [3.8, 4) is 0 Å². The molecule has 0 aromatic carbocycles. The predicted octanol–water partition coefficient (Wildman–Crippen LogP) is 4.05. The largest absolute Gasteiger partial charge is 0.481 e. The number of hydrogen-bond acceptors (Lipinski definition) is 3. The van der Waals surface area contributed by atoms with Gasteiger partial charge in [-0.3, -0.25) is 14.4 Å². The molecule has 0 aliphatic heterocycles. The van der Waals surface area contributed by atoms with Gasteiger partial charge in [-0.15, -0.1) is 0 Å². The summed E-state index contributed by atoms with van der Waals surface area (Å²) >= 11 is 0. The average molecular weight is 421 g/mol. The lowest BCUT2D eigenvalue weighted by Gasteiger charge is -2.31. The lowest BCUT2D eigenvalue weighted by Crippen LogP contribution is -2.47. The van der Waals surface area contributed by atoms with Crippen LogP contribution in [0, 0.1) is 23.7 Å². The average Bonchev–Trinajstić information content (AvgIpc) is 3.30. The van der Waals surface area contributed by atoms with Gasteiger partial charge in [0.05, 0.1) is 0 Å². The number of nitrogens with one attached hydrogen (secondary N) is 2. The van der Waals surface area contributed by atoms with E-state index in [0.717, 1.165) is 38.0 Å². The van der Waals surface area contributed by atoms with Crippen molar-refractivity contribution < 1.29 is 19.5 Å². The van der Waals surface area contributed by atoms with Gasteiger partial charge in [-0.25, -0.2) is 0 Å². The standard InChI is InChI=1S/C24H40N2O4/c1-3-4-7-11-22(27)26-17(2)24(30)25-16-21-19-14-13-18(15-19)20(21)10-8-5-6-9-12-23(28)29/h5,8,17-21H,3-4,6-7,9-16H2,1-2H3,(H,25,30)(H,26,27)(H,28,29)/t17-,18+,19-,20+,21-/m1/s1. The zero-order chi connectivity index (χ0) is 21.9. The van der Waals surface area contributed by atoms with Crippen LogP contribution in [0.25, 0.3) is 0 Å². The molecule has 0 unspecified atom stereocenters. The monoisotopic (exact) mass is 420 g/mol. The number of carboxylic acid groups (broad SMARTS) is 1. The van der Waals surface area contributed by atoms with Gasteiger partial charge in [-0.05, 0) is 75.5 Å². The number of carboxylic acids is 1. The summed E-state index contributed by atoms with van der Waals surface area (Å²) in [5.41, 5.74) is 0. The van der Waals surface area contributed by atoms with E-state index in [-0.39, 0.29) is 18.2 Å². The molecule has 0 aromatic rings. The zero-order valence-corrected chi connectivity index (χ0v) is 18.7. The highest BCUT2D eigenvalue weighted by atomic mass is 16.4. The van der Waals surface area contributed by atoms with Crippen molar-refractivity contribution in [3.63, 3.8) is 0 Å². The lowest BCUT2D eigenvalue weighted by molar-refractivity contribution is -0.137. The molecule has 2 aliphatic carbocycles. The second-order valence-electron chi connectivity index (χ2n) is 9.15. The van der Waals surface area contributed by atoms with E-state index >= 15 is 0 Å². The minimum Gasteiger partial charge on any atom is -0.481 e. The van der Waals surface area contributed by atoms with Gasteiger partial charge in [-0.2, -0.15) is 0 Å². The molecule has 0 heterocycles. The fourth-order valence-electron chi connectivity index (χ4n) is 5.24. The van der Waals surface area contributed by atoms with Gasteiger partial charge in [0, 0.05) is 19.4 Å². The molecule has 3 N–H and O–H groups in total. The van der Waals surface area contributed by atoms with Crippen LogP contribution in [0.2, 0.25) is 0 Å². The van der Waals surface area contributed by atoms with Crippen molar-refractivity contribution in [3.05, 3.63) is 12.2 Å². The maximum absolute atomic E-state index is 12.5. The molecule has 2 bridgehead atoms. The first kappa shape index (κ1) is 24.4. The molecule has 0 radical (unpaired) electrons. The first-order valence-electron chi connectivity index (χ1n) is 11.9. The van der Waals surface area contributed by atoms with E-state index in [4.69, 9.17) is 5.11 Å². The Labute approximate surface area is 181 Å². The molecule has 170 valence electrons. The number of unbranched alkanes of at least 4 members (excludes halogenated alkanes) is 3. The predicted molar refractivity (Wildman–Crippen MR) is 118 cm³/mol. The van der Waals surface area contributed by atoms with Crippen LogP contribution in [0.3, 0.4) is 0 Å². The van der Waals surface area contributed by atoms with Crippen LogP contribution >= 0.6 is 0 Å². The Hall–Kier alpha value is -1.85. The third-order valence-electron chi connectivity index (χ3n) is 6.90. The fourth-order valence-corrected chi connectivity index (χ4v) is 5.24. The second-order valence-corrected chi connectivity index (χ2v) is 9.15. The summed E-state index contributed by atoms with van der Waals surface area (Å²) in [6.07, 6.45) is 14.3. The molecular formula is C24H40N2O4. The van der Waals surface area contributed by atoms with E-state index in [1.807, 2.05) is 0 Å². The minimum absolute atomic E-state index is 0.0445. The highest BCUT2D eigenvalue weighted by molar-refractivity contribution is 5.87. The Morgan fingerprint density at radius 2 is 1.77 bits per heavy atom. The van der Waals surface area contributed by atoms with Crippen molar-refractivity contribution >= 4 is 17.8 Å². The molecule has 6 nitrogen and oxygen atoms in total. The molecule has 6 heteroatoms. The molecule has 30 heavy (non-hydrogen) atoms. The number of carbonyl (C=O) groups is 3. The normalized spacial score (nSPS) is 26.1. The summed E-state index contributed by atoms with van der Waals surface area (Å²) < 4.78 is 0. The summed E-state index contributed by atoms with van der Waals surface area (Å²) in [4.78, 5) is 35.0. The minimum atomic E-state index is -0.737. The third-order valence-corrected chi connectivity index (χ3v) is 6.90. The number of rotatable bonds is 14. The van der Waals surface area contributed by atoms with Gasteiger partial charge < -0.3 is 15.7 Å². The maximum Gasteiger partial charge on any atom is 0.303 e. The van der Waals surface area contributed by atoms with Crippen LogP contribution in [0.4, 0.5) is 0 Å². The fraction of sp³-hybridized carbons (Fsp3) is 0.792. The van der Waals surface area contributed by atoms with Gasteiger partial charge >= 0.3 is 5.97 Å². The summed E-state index contributed by atoms with van der Waals surface area (Å²) in [7, 11) is 0. The first-order chi connectivity index (χ1) is 14.4. The lowest BCUT2D eigenvalue weighted by atomic mass is 9.77. The molecule has 0 spiro atoms. The number of allylic oxidation sites excluding steroid dienone is 2. The van der Waals surface area contributed by atoms with Crippen molar-refractivity contribution in [2.45, 2.75) is 90.5 Å². The molecule has 2 rings (SSSR count). The van der Waals surface area contributed by atoms with E-state index in [0.29, 0.717) is 37.1 Å². The van der Waals surface area contributed by atoms with E-state index in [9.17, 15) is 14.4 Å². The van der Waals surface area contributed by atoms with Gasteiger partial charge in [0.1, 0.15) is 6.04 Å². The summed E-state index contributed by atoms with van der Waals surface area (Å²) in [6.45, 7) is 4.55. The van der Waals surface area contributed by atoms with Gasteiger partial charge in [-0.1, -0.05) is 31.9 Å². The number of fused-ring (bicyclic) bond motifs is 2. The van der Waals surface area contributed by atoms with Gasteiger partial charge in [0.25, 0.3) is 0 Å². The molecule has 2 fully saturated rings. The second kappa shape index (κ2) is 12.8. The molecule has 2 amide bonds. The Balaban J connectivity index is 1.74. The number of carbonyl (C=O) groups excluding carboxylic acids is 2. The Bertz CT molecular complexity index is 604. The highest BCUT2D eigenvalue weighted by Gasteiger charge is 2.46. The van der Waals surface area contributed by atoms with Crippen molar-refractivity contribution in [1.29, 1.82) is 0 Å². The van der Waals surface area contributed by atoms with Crippen LogP contribution in [-0.2, 0) is 14.4 Å². The molecule has 2 saturated carbocycles. The molecule has 5 atom stereocenters. The Morgan fingerprint density at radius 3 is 2.47 bits per heavy atom. The van der Waals surface area contributed by atoms with Crippen LogP contribution in [0.1, 0.15) is 84.5 Å². The van der Waals surface area contributed by atoms with E-state index in [1.165, 1.54) is 19.3 Å². The van der Waals surface area contributed by atoms with Crippen LogP contribution in [-0.4, -0.2) is 35.5 Å².